The van der Waals surface area contributed by atoms with Crippen molar-refractivity contribution in [2.24, 2.45) is 0 Å². The van der Waals surface area contributed by atoms with Gasteiger partial charge in [-0.15, -0.1) is 11.3 Å². The Morgan fingerprint density at radius 1 is 1.29 bits per heavy atom. The molecule has 2 aromatic rings. The minimum atomic E-state index is -3.85. The van der Waals surface area contributed by atoms with Crippen molar-refractivity contribution in [2.75, 3.05) is 5.75 Å². The number of rotatable bonds is 4. The van der Waals surface area contributed by atoms with Crippen LogP contribution in [0.2, 0.25) is 5.02 Å². The van der Waals surface area contributed by atoms with Gasteiger partial charge in [-0.2, -0.15) is 0 Å². The van der Waals surface area contributed by atoms with E-state index in [-0.39, 0.29) is 9.92 Å². The minimum Gasteiger partial charge on any atom is -0.293 e. The molecule has 0 radical (unpaired) electrons. The molecule has 7 heteroatoms. The number of hydrogen-bond donors (Lipinski definition) is 0. The molecule has 0 saturated heterocycles. The molecule has 3 nitrogen and oxygen atoms in total. The first kappa shape index (κ1) is 16.1. The van der Waals surface area contributed by atoms with Gasteiger partial charge in [0, 0.05) is 15.3 Å². The van der Waals surface area contributed by atoms with Gasteiger partial charge in [0.05, 0.1) is 9.92 Å². The van der Waals surface area contributed by atoms with Crippen molar-refractivity contribution in [1.29, 1.82) is 0 Å². The zero-order chi connectivity index (χ0) is 15.8. The maximum absolute atomic E-state index is 13.1. The summed E-state index contributed by atoms with van der Waals surface area (Å²) in [7, 11) is -3.85. The van der Waals surface area contributed by atoms with Crippen LogP contribution in [0, 0.1) is 19.7 Å². The first-order valence-corrected chi connectivity index (χ1v) is 8.83. The van der Waals surface area contributed by atoms with Crippen LogP contribution in [-0.4, -0.2) is 20.0 Å². The predicted molar refractivity (Wildman–Crippen MR) is 81.6 cm³/mol. The fourth-order valence-corrected chi connectivity index (χ4v) is 4.34. The Hall–Kier alpha value is -1.24. The molecule has 0 saturated carbocycles. The molecule has 1 aromatic carbocycles. The molecule has 21 heavy (non-hydrogen) atoms. The summed E-state index contributed by atoms with van der Waals surface area (Å²) < 4.78 is 37.5. The first-order chi connectivity index (χ1) is 9.70. The fourth-order valence-electron chi connectivity index (χ4n) is 1.91. The Kier molecular flexibility index (Phi) is 4.51. The Morgan fingerprint density at radius 2 is 1.95 bits per heavy atom. The predicted octanol–water partition coefficient (Wildman–Crippen LogP) is 3.81. The molecule has 1 aromatic heterocycles. The summed E-state index contributed by atoms with van der Waals surface area (Å²) in [5, 5.41) is -0.286. The van der Waals surface area contributed by atoms with Gasteiger partial charge >= 0.3 is 0 Å². The zero-order valence-electron chi connectivity index (χ0n) is 11.3. The lowest BCUT2D eigenvalue weighted by Gasteiger charge is -2.05. The zero-order valence-corrected chi connectivity index (χ0v) is 13.7. The lowest BCUT2D eigenvalue weighted by molar-refractivity contribution is 0.102. The third kappa shape index (κ3) is 3.51. The maximum Gasteiger partial charge on any atom is 0.185 e. The second-order valence-corrected chi connectivity index (χ2v) is 8.44. The molecular formula is C14H12ClFO3S2. The van der Waals surface area contributed by atoms with Gasteiger partial charge in [0.1, 0.15) is 11.6 Å². The van der Waals surface area contributed by atoms with Crippen LogP contribution in [0.4, 0.5) is 4.39 Å². The molecule has 2 rings (SSSR count). The van der Waals surface area contributed by atoms with Crippen LogP contribution in [0.1, 0.15) is 20.1 Å². The van der Waals surface area contributed by atoms with Gasteiger partial charge in [0.2, 0.25) is 0 Å². The topological polar surface area (TPSA) is 51.2 Å². The molecule has 0 atom stereocenters. The molecule has 0 spiro atoms. The van der Waals surface area contributed by atoms with E-state index in [1.165, 1.54) is 11.3 Å². The molecule has 0 N–H and O–H groups in total. The Balaban J connectivity index is 2.31. The van der Waals surface area contributed by atoms with E-state index in [1.54, 1.807) is 13.0 Å². The summed E-state index contributed by atoms with van der Waals surface area (Å²) in [6, 6.07) is 4.77. The van der Waals surface area contributed by atoms with Gasteiger partial charge in [0.25, 0.3) is 0 Å². The lowest BCUT2D eigenvalue weighted by atomic mass is 10.2. The van der Waals surface area contributed by atoms with Crippen LogP contribution < -0.4 is 0 Å². The van der Waals surface area contributed by atoms with Crippen molar-refractivity contribution in [3.8, 4) is 0 Å². The standard InChI is InChI=1S/C14H12ClFO3S2/c1-8-5-11(9(2)20-8)14(17)7-21(18,19)10-3-4-13(16)12(15)6-10/h3-6H,7H2,1-2H3. The molecule has 0 aliphatic rings. The molecule has 0 unspecified atom stereocenters. The summed E-state index contributed by atoms with van der Waals surface area (Å²) in [5.74, 6) is -1.84. The van der Waals surface area contributed by atoms with Crippen molar-refractivity contribution in [2.45, 2.75) is 18.7 Å². The Labute approximate surface area is 131 Å². The van der Waals surface area contributed by atoms with E-state index >= 15 is 0 Å². The summed E-state index contributed by atoms with van der Waals surface area (Å²) >= 11 is 7.02. The summed E-state index contributed by atoms with van der Waals surface area (Å²) in [5.41, 5.74) is 0.411. The third-order valence-corrected chi connectivity index (χ3v) is 5.78. The quantitative estimate of drug-likeness (QED) is 0.624. The van der Waals surface area contributed by atoms with E-state index in [0.717, 1.165) is 28.0 Å². The number of benzene rings is 1. The SMILES string of the molecule is Cc1cc(C(=O)CS(=O)(=O)c2ccc(F)c(Cl)c2)c(C)s1. The first-order valence-electron chi connectivity index (χ1n) is 5.99. The number of ketones is 1. The summed E-state index contributed by atoms with van der Waals surface area (Å²) in [6.07, 6.45) is 0. The molecule has 1 heterocycles. The monoisotopic (exact) mass is 346 g/mol. The van der Waals surface area contributed by atoms with Gasteiger partial charge in [0.15, 0.2) is 15.6 Å². The van der Waals surface area contributed by atoms with Crippen LogP contribution in [0.15, 0.2) is 29.2 Å². The van der Waals surface area contributed by atoms with Gasteiger partial charge in [-0.05, 0) is 38.1 Å². The molecule has 0 amide bonds. The molecule has 0 fully saturated rings. The second kappa shape index (κ2) is 5.87. The fraction of sp³-hybridized carbons (Fsp3) is 0.214. The van der Waals surface area contributed by atoms with Crippen molar-refractivity contribution in [1.82, 2.24) is 0 Å². The van der Waals surface area contributed by atoms with Crippen molar-refractivity contribution in [3.63, 3.8) is 0 Å². The Morgan fingerprint density at radius 3 is 2.48 bits per heavy atom. The smallest absolute Gasteiger partial charge is 0.185 e. The van der Waals surface area contributed by atoms with Crippen molar-refractivity contribution >= 4 is 38.6 Å². The number of sulfone groups is 1. The summed E-state index contributed by atoms with van der Waals surface area (Å²) in [4.78, 5) is 13.7. The Bertz CT molecular complexity index is 810. The van der Waals surface area contributed by atoms with Crippen LogP contribution in [0.25, 0.3) is 0 Å². The average Bonchev–Trinajstić information content (AvgIpc) is 2.71. The highest BCUT2D eigenvalue weighted by Gasteiger charge is 2.23. The number of carbonyl (C=O) groups excluding carboxylic acids is 1. The molecule has 112 valence electrons. The number of Topliss-reactive ketones (excluding diaryl/α,β-unsaturated/α-hetero) is 1. The van der Waals surface area contributed by atoms with Crippen LogP contribution in [0.5, 0.6) is 0 Å². The van der Waals surface area contributed by atoms with E-state index in [9.17, 15) is 17.6 Å². The van der Waals surface area contributed by atoms with E-state index in [2.05, 4.69) is 0 Å². The van der Waals surface area contributed by atoms with Gasteiger partial charge in [-0.3, -0.25) is 4.79 Å². The highest BCUT2D eigenvalue weighted by molar-refractivity contribution is 7.92. The normalized spacial score (nSPS) is 11.6. The highest BCUT2D eigenvalue weighted by atomic mass is 35.5. The average molecular weight is 347 g/mol. The molecule has 0 aliphatic carbocycles. The molecule has 0 aliphatic heterocycles. The lowest BCUT2D eigenvalue weighted by Crippen LogP contribution is -2.16. The summed E-state index contributed by atoms with van der Waals surface area (Å²) in [6.45, 7) is 3.62. The number of carbonyl (C=O) groups is 1. The van der Waals surface area contributed by atoms with Gasteiger partial charge < -0.3 is 0 Å². The van der Waals surface area contributed by atoms with Crippen LogP contribution in [0.3, 0.4) is 0 Å². The van der Waals surface area contributed by atoms with Crippen LogP contribution in [-0.2, 0) is 9.84 Å². The highest BCUT2D eigenvalue weighted by Crippen LogP contribution is 2.24. The number of hydrogen-bond acceptors (Lipinski definition) is 4. The van der Waals surface area contributed by atoms with Crippen molar-refractivity contribution < 1.29 is 17.6 Å². The minimum absolute atomic E-state index is 0.160. The maximum atomic E-state index is 13.1. The molecular weight excluding hydrogens is 335 g/mol. The third-order valence-electron chi connectivity index (χ3n) is 2.91. The van der Waals surface area contributed by atoms with Gasteiger partial charge in [-0.25, -0.2) is 12.8 Å². The van der Waals surface area contributed by atoms with Gasteiger partial charge in [-0.1, -0.05) is 11.6 Å². The number of thiophene rings is 1. The number of halogens is 2. The second-order valence-electron chi connectivity index (χ2n) is 4.59. The van der Waals surface area contributed by atoms with Crippen molar-refractivity contribution in [3.05, 3.63) is 50.4 Å². The molecule has 0 bridgehead atoms. The van der Waals surface area contributed by atoms with Crippen LogP contribution >= 0.6 is 22.9 Å². The largest absolute Gasteiger partial charge is 0.293 e. The van der Waals surface area contributed by atoms with E-state index in [4.69, 9.17) is 11.6 Å². The van der Waals surface area contributed by atoms with E-state index in [1.807, 2.05) is 6.92 Å². The van der Waals surface area contributed by atoms with E-state index < -0.39 is 27.2 Å². The van der Waals surface area contributed by atoms with E-state index in [0.29, 0.717) is 5.56 Å². The number of aryl methyl sites for hydroxylation is 2.